The Bertz CT molecular complexity index is 1030. The van der Waals surface area contributed by atoms with Crippen molar-refractivity contribution in [2.45, 2.75) is 13.8 Å². The van der Waals surface area contributed by atoms with Crippen LogP contribution in [0, 0.1) is 13.8 Å². The molecule has 0 radical (unpaired) electrons. The summed E-state index contributed by atoms with van der Waals surface area (Å²) in [5, 5.41) is 11.0. The van der Waals surface area contributed by atoms with Gasteiger partial charge in [-0.05, 0) is 31.0 Å². The fraction of sp³-hybridized carbons (Fsp3) is 0.318. The third-order valence-corrected chi connectivity index (χ3v) is 5.45. The summed E-state index contributed by atoms with van der Waals surface area (Å²) >= 11 is 0. The van der Waals surface area contributed by atoms with E-state index in [0.29, 0.717) is 38.4 Å². The Morgan fingerprint density at radius 2 is 1.69 bits per heavy atom. The van der Waals surface area contributed by atoms with Crippen LogP contribution in [0.25, 0.3) is 10.9 Å². The maximum Gasteiger partial charge on any atom is 0.275 e. The van der Waals surface area contributed by atoms with Crippen molar-refractivity contribution in [1.29, 1.82) is 0 Å². The van der Waals surface area contributed by atoms with E-state index in [1.807, 2.05) is 61.2 Å². The minimum absolute atomic E-state index is 0.0273. The molecule has 7 nitrogen and oxygen atoms in total. The molecule has 0 atom stereocenters. The van der Waals surface area contributed by atoms with Crippen LogP contribution in [0.2, 0.25) is 0 Å². The Hall–Kier alpha value is -3.19. The zero-order valence-electron chi connectivity index (χ0n) is 16.7. The van der Waals surface area contributed by atoms with Crippen LogP contribution in [-0.2, 0) is 4.79 Å². The number of anilines is 1. The second-order valence-corrected chi connectivity index (χ2v) is 7.50. The van der Waals surface area contributed by atoms with Crippen molar-refractivity contribution in [2.24, 2.45) is 0 Å². The van der Waals surface area contributed by atoms with Crippen molar-refractivity contribution in [3.63, 3.8) is 0 Å². The molecule has 3 aromatic rings. The van der Waals surface area contributed by atoms with Crippen LogP contribution < -0.4 is 5.32 Å². The molecule has 1 fully saturated rings. The van der Waals surface area contributed by atoms with Gasteiger partial charge < -0.3 is 10.2 Å². The lowest BCUT2D eigenvalue weighted by Crippen LogP contribution is -2.50. The largest absolute Gasteiger partial charge is 0.335 e. The molecular formula is C22H25N5O2. The van der Waals surface area contributed by atoms with E-state index in [1.54, 1.807) is 0 Å². The summed E-state index contributed by atoms with van der Waals surface area (Å²) in [5.41, 5.74) is 4.32. The maximum absolute atomic E-state index is 12.9. The number of hydrogen-bond donors (Lipinski definition) is 2. The second-order valence-electron chi connectivity index (χ2n) is 7.50. The van der Waals surface area contributed by atoms with Crippen molar-refractivity contribution >= 4 is 28.4 Å². The number of rotatable bonds is 4. The molecule has 2 N–H and O–H groups in total. The number of nitrogens with one attached hydrogen (secondary N) is 2. The molecule has 2 heterocycles. The zero-order valence-corrected chi connectivity index (χ0v) is 16.7. The number of fused-ring (bicyclic) bond motifs is 1. The third kappa shape index (κ3) is 4.00. The van der Waals surface area contributed by atoms with Gasteiger partial charge in [-0.1, -0.05) is 36.4 Å². The summed E-state index contributed by atoms with van der Waals surface area (Å²) in [6.07, 6.45) is 0. The van der Waals surface area contributed by atoms with Crippen LogP contribution in [0.4, 0.5) is 5.69 Å². The Morgan fingerprint density at radius 3 is 2.41 bits per heavy atom. The first-order chi connectivity index (χ1) is 14.0. The molecule has 1 aliphatic rings. The zero-order chi connectivity index (χ0) is 20.4. The van der Waals surface area contributed by atoms with Crippen molar-refractivity contribution in [1.82, 2.24) is 20.0 Å². The lowest BCUT2D eigenvalue weighted by molar-refractivity contribution is -0.117. The van der Waals surface area contributed by atoms with Gasteiger partial charge >= 0.3 is 0 Å². The highest BCUT2D eigenvalue weighted by Crippen LogP contribution is 2.20. The molecule has 1 saturated heterocycles. The van der Waals surface area contributed by atoms with Crippen LogP contribution in [-0.4, -0.2) is 64.5 Å². The molecule has 0 unspecified atom stereocenters. The Morgan fingerprint density at radius 1 is 1.00 bits per heavy atom. The molecule has 0 saturated carbocycles. The van der Waals surface area contributed by atoms with Gasteiger partial charge in [0.15, 0.2) is 5.69 Å². The average Bonchev–Trinajstić information content (AvgIpc) is 3.15. The molecule has 2 amide bonds. The van der Waals surface area contributed by atoms with Crippen LogP contribution in [0.5, 0.6) is 0 Å². The normalized spacial score (nSPS) is 14.9. The number of H-pyrrole nitrogens is 1. The van der Waals surface area contributed by atoms with Crippen molar-refractivity contribution < 1.29 is 9.59 Å². The van der Waals surface area contributed by atoms with Gasteiger partial charge in [0.05, 0.1) is 12.1 Å². The van der Waals surface area contributed by atoms with E-state index in [1.165, 1.54) is 0 Å². The van der Waals surface area contributed by atoms with E-state index in [9.17, 15) is 9.59 Å². The molecule has 0 spiro atoms. The highest BCUT2D eigenvalue weighted by molar-refractivity contribution is 6.04. The second kappa shape index (κ2) is 8.05. The van der Waals surface area contributed by atoms with Gasteiger partial charge in [-0.15, -0.1) is 0 Å². The van der Waals surface area contributed by atoms with Gasteiger partial charge in [-0.3, -0.25) is 19.6 Å². The summed E-state index contributed by atoms with van der Waals surface area (Å²) in [7, 11) is 0. The first kappa shape index (κ1) is 19.1. The van der Waals surface area contributed by atoms with Crippen LogP contribution in [0.3, 0.4) is 0 Å². The predicted octanol–water partition coefficient (Wildman–Crippen LogP) is 2.58. The lowest BCUT2D eigenvalue weighted by Gasteiger charge is -2.34. The standard InChI is InChI=1S/C22H25N5O2/c1-15-6-5-7-16(2)20(15)23-19(28)14-26-10-12-27(13-11-26)22(29)21-17-8-3-4-9-18(17)24-25-21/h3-9H,10-14H2,1-2H3,(H,23,28)(H,24,25). The molecule has 1 aromatic heterocycles. The van der Waals surface area contributed by atoms with E-state index < -0.39 is 0 Å². The molecule has 7 heteroatoms. The monoisotopic (exact) mass is 391 g/mol. The quantitative estimate of drug-likeness (QED) is 0.716. The average molecular weight is 391 g/mol. The summed E-state index contributed by atoms with van der Waals surface area (Å²) in [6, 6.07) is 13.6. The van der Waals surface area contributed by atoms with E-state index in [4.69, 9.17) is 0 Å². The van der Waals surface area contributed by atoms with Gasteiger partial charge in [0.2, 0.25) is 5.91 Å². The van der Waals surface area contributed by atoms with Gasteiger partial charge in [-0.2, -0.15) is 5.10 Å². The first-order valence-corrected chi connectivity index (χ1v) is 9.84. The summed E-state index contributed by atoms with van der Waals surface area (Å²) in [5.74, 6) is -0.0949. The predicted molar refractivity (Wildman–Crippen MR) is 113 cm³/mol. The van der Waals surface area contributed by atoms with Crippen molar-refractivity contribution in [2.75, 3.05) is 38.0 Å². The van der Waals surface area contributed by atoms with Crippen LogP contribution >= 0.6 is 0 Å². The summed E-state index contributed by atoms with van der Waals surface area (Å²) in [4.78, 5) is 29.2. The van der Waals surface area contributed by atoms with Gasteiger partial charge in [0, 0.05) is 37.3 Å². The number of aromatic nitrogens is 2. The molecule has 150 valence electrons. The minimum Gasteiger partial charge on any atom is -0.335 e. The van der Waals surface area contributed by atoms with Crippen LogP contribution in [0.1, 0.15) is 21.6 Å². The van der Waals surface area contributed by atoms with Crippen molar-refractivity contribution in [3.8, 4) is 0 Å². The number of nitrogens with zero attached hydrogens (tertiary/aromatic N) is 3. The Balaban J connectivity index is 1.33. The topological polar surface area (TPSA) is 81.3 Å². The molecular weight excluding hydrogens is 366 g/mol. The lowest BCUT2D eigenvalue weighted by atomic mass is 10.1. The van der Waals surface area contributed by atoms with Gasteiger partial charge in [0.1, 0.15) is 0 Å². The summed E-state index contributed by atoms with van der Waals surface area (Å²) < 4.78 is 0. The fourth-order valence-corrected chi connectivity index (χ4v) is 3.78. The number of carbonyl (C=O) groups is 2. The molecule has 4 rings (SSSR count). The Kier molecular flexibility index (Phi) is 5.31. The molecule has 0 bridgehead atoms. The number of hydrogen-bond acceptors (Lipinski definition) is 4. The molecule has 1 aliphatic heterocycles. The number of carbonyl (C=O) groups excluding carboxylic acids is 2. The number of para-hydroxylation sites is 2. The van der Waals surface area contributed by atoms with E-state index in [0.717, 1.165) is 27.7 Å². The highest BCUT2D eigenvalue weighted by Gasteiger charge is 2.26. The number of amides is 2. The molecule has 2 aromatic carbocycles. The van der Waals surface area contributed by atoms with Crippen molar-refractivity contribution in [3.05, 3.63) is 59.3 Å². The highest BCUT2D eigenvalue weighted by atomic mass is 16.2. The summed E-state index contributed by atoms with van der Waals surface area (Å²) in [6.45, 7) is 6.79. The van der Waals surface area contributed by atoms with Gasteiger partial charge in [-0.25, -0.2) is 0 Å². The number of piperazine rings is 1. The van der Waals surface area contributed by atoms with Crippen LogP contribution in [0.15, 0.2) is 42.5 Å². The third-order valence-electron chi connectivity index (χ3n) is 5.45. The first-order valence-electron chi connectivity index (χ1n) is 9.84. The maximum atomic E-state index is 12.9. The van der Waals surface area contributed by atoms with E-state index in [2.05, 4.69) is 20.4 Å². The Labute approximate surface area is 169 Å². The minimum atomic E-state index is -0.0675. The van der Waals surface area contributed by atoms with E-state index in [-0.39, 0.29) is 11.8 Å². The number of aryl methyl sites for hydroxylation is 2. The molecule has 0 aliphatic carbocycles. The molecule has 29 heavy (non-hydrogen) atoms. The number of aromatic amines is 1. The smallest absolute Gasteiger partial charge is 0.275 e. The van der Waals surface area contributed by atoms with Gasteiger partial charge in [0.25, 0.3) is 5.91 Å². The van der Waals surface area contributed by atoms with E-state index >= 15 is 0 Å². The number of benzene rings is 2. The SMILES string of the molecule is Cc1cccc(C)c1NC(=O)CN1CCN(C(=O)c2n[nH]c3ccccc23)CC1. The fourth-order valence-electron chi connectivity index (χ4n) is 3.78.